The van der Waals surface area contributed by atoms with Crippen LogP contribution >= 0.6 is 15.9 Å². The van der Waals surface area contributed by atoms with E-state index in [9.17, 15) is 4.79 Å². The number of nitriles is 1. The second kappa shape index (κ2) is 5.66. The lowest BCUT2D eigenvalue weighted by Crippen LogP contribution is -2.05. The number of carbonyl (C=O) groups is 1. The van der Waals surface area contributed by atoms with Gasteiger partial charge in [0.2, 0.25) is 0 Å². The molecule has 0 bridgehead atoms. The number of hydrogen-bond donors (Lipinski definition) is 0. The van der Waals surface area contributed by atoms with Crippen LogP contribution in [0, 0.1) is 11.3 Å². The van der Waals surface area contributed by atoms with Gasteiger partial charge in [0.15, 0.2) is 0 Å². The Morgan fingerprint density at radius 2 is 2.25 bits per heavy atom. The maximum atomic E-state index is 11.1. The Bertz CT molecular complexity index is 449. The molecule has 0 aromatic heterocycles. The Morgan fingerprint density at radius 3 is 2.75 bits per heavy atom. The number of ether oxygens (including phenoxy) is 1. The number of halogens is 1. The number of nitrogens with zero attached hydrogens (tertiary/aromatic N) is 1. The van der Waals surface area contributed by atoms with Crippen molar-refractivity contribution >= 4 is 21.9 Å². The zero-order valence-electron chi connectivity index (χ0n) is 9.21. The van der Waals surface area contributed by atoms with E-state index in [0.29, 0.717) is 5.56 Å². The van der Waals surface area contributed by atoms with Gasteiger partial charge in [-0.15, -0.1) is 0 Å². The SMILES string of the molecule is CCc1c(Br)cc(CC(=O)OC)cc1C#N. The summed E-state index contributed by atoms with van der Waals surface area (Å²) >= 11 is 3.41. The van der Waals surface area contributed by atoms with E-state index in [1.807, 2.05) is 13.0 Å². The van der Waals surface area contributed by atoms with Crippen molar-refractivity contribution in [1.82, 2.24) is 0 Å². The Hall–Kier alpha value is -1.34. The Labute approximate surface area is 103 Å². The van der Waals surface area contributed by atoms with Gasteiger partial charge in [-0.25, -0.2) is 0 Å². The second-order valence-electron chi connectivity index (χ2n) is 3.32. The summed E-state index contributed by atoms with van der Waals surface area (Å²) in [5.41, 5.74) is 2.36. The van der Waals surface area contributed by atoms with Gasteiger partial charge in [-0.2, -0.15) is 5.26 Å². The Balaban J connectivity index is 3.12. The molecule has 1 aromatic carbocycles. The van der Waals surface area contributed by atoms with Crippen LogP contribution in [0.15, 0.2) is 16.6 Å². The van der Waals surface area contributed by atoms with E-state index in [1.165, 1.54) is 7.11 Å². The summed E-state index contributed by atoms with van der Waals surface area (Å²) in [6.45, 7) is 1.99. The van der Waals surface area contributed by atoms with Gasteiger partial charge in [-0.1, -0.05) is 22.9 Å². The number of benzene rings is 1. The summed E-state index contributed by atoms with van der Waals surface area (Å²) in [5.74, 6) is -0.306. The number of esters is 1. The van der Waals surface area contributed by atoms with Crippen LogP contribution in [0.25, 0.3) is 0 Å². The zero-order chi connectivity index (χ0) is 12.1. The molecule has 1 aromatic rings. The van der Waals surface area contributed by atoms with Crippen molar-refractivity contribution in [2.24, 2.45) is 0 Å². The van der Waals surface area contributed by atoms with Crippen LogP contribution in [0.4, 0.5) is 0 Å². The van der Waals surface area contributed by atoms with Crippen molar-refractivity contribution in [3.8, 4) is 6.07 Å². The lowest BCUT2D eigenvalue weighted by Gasteiger charge is -2.07. The number of methoxy groups -OCH3 is 1. The minimum Gasteiger partial charge on any atom is -0.469 e. The molecule has 0 heterocycles. The summed E-state index contributed by atoms with van der Waals surface area (Å²) < 4.78 is 5.46. The molecule has 0 aliphatic rings. The van der Waals surface area contributed by atoms with E-state index < -0.39 is 0 Å². The van der Waals surface area contributed by atoms with Crippen LogP contribution < -0.4 is 0 Å². The lowest BCUT2D eigenvalue weighted by atomic mass is 10.0. The minimum atomic E-state index is -0.306. The van der Waals surface area contributed by atoms with Crippen molar-refractivity contribution in [1.29, 1.82) is 5.26 Å². The fourth-order valence-electron chi connectivity index (χ4n) is 1.49. The molecule has 3 nitrogen and oxygen atoms in total. The maximum absolute atomic E-state index is 11.1. The predicted molar refractivity (Wildman–Crippen MR) is 64.0 cm³/mol. The summed E-state index contributed by atoms with van der Waals surface area (Å²) in [6.07, 6.45) is 0.968. The number of carbonyl (C=O) groups excluding carboxylic acids is 1. The standard InChI is InChI=1S/C12H12BrNO2/c1-3-10-9(7-14)4-8(5-11(10)13)6-12(15)16-2/h4-5H,3,6H2,1-2H3. The van der Waals surface area contributed by atoms with E-state index in [0.717, 1.165) is 22.0 Å². The van der Waals surface area contributed by atoms with Crippen molar-refractivity contribution in [2.45, 2.75) is 19.8 Å². The van der Waals surface area contributed by atoms with Crippen molar-refractivity contribution in [3.05, 3.63) is 33.3 Å². The molecule has 16 heavy (non-hydrogen) atoms. The number of hydrogen-bond acceptors (Lipinski definition) is 3. The average Bonchev–Trinajstić information content (AvgIpc) is 2.28. The predicted octanol–water partition coefficient (Wildman–Crippen LogP) is 2.60. The normalized spacial score (nSPS) is 9.62. The first-order valence-corrected chi connectivity index (χ1v) is 5.69. The molecule has 0 atom stereocenters. The van der Waals surface area contributed by atoms with Crippen LogP contribution in [0.2, 0.25) is 0 Å². The van der Waals surface area contributed by atoms with Crippen LogP contribution in [0.1, 0.15) is 23.6 Å². The number of rotatable bonds is 3. The van der Waals surface area contributed by atoms with E-state index in [1.54, 1.807) is 6.07 Å². The highest BCUT2D eigenvalue weighted by molar-refractivity contribution is 9.10. The second-order valence-corrected chi connectivity index (χ2v) is 4.18. The van der Waals surface area contributed by atoms with Crippen LogP contribution in [-0.4, -0.2) is 13.1 Å². The molecule has 0 saturated carbocycles. The fraction of sp³-hybridized carbons (Fsp3) is 0.333. The summed E-state index contributed by atoms with van der Waals surface area (Å²) in [7, 11) is 1.35. The molecule has 0 saturated heterocycles. The highest BCUT2D eigenvalue weighted by Crippen LogP contribution is 2.23. The van der Waals surface area contributed by atoms with E-state index >= 15 is 0 Å². The van der Waals surface area contributed by atoms with Crippen LogP contribution in [-0.2, 0) is 22.4 Å². The van der Waals surface area contributed by atoms with E-state index in [4.69, 9.17) is 5.26 Å². The third-order valence-corrected chi connectivity index (χ3v) is 3.01. The van der Waals surface area contributed by atoms with E-state index in [2.05, 4.69) is 26.7 Å². The summed E-state index contributed by atoms with van der Waals surface area (Å²) in [5, 5.41) is 9.00. The average molecular weight is 282 g/mol. The van der Waals surface area contributed by atoms with Crippen molar-refractivity contribution in [2.75, 3.05) is 7.11 Å². The molecule has 1 rings (SSSR count). The summed E-state index contributed by atoms with van der Waals surface area (Å²) in [6, 6.07) is 5.73. The van der Waals surface area contributed by atoms with Gasteiger partial charge < -0.3 is 4.74 Å². The van der Waals surface area contributed by atoms with Gasteiger partial charge in [0.05, 0.1) is 25.2 Å². The molecule has 0 unspecified atom stereocenters. The highest BCUT2D eigenvalue weighted by Gasteiger charge is 2.10. The van der Waals surface area contributed by atoms with E-state index in [-0.39, 0.29) is 12.4 Å². The Kier molecular flexibility index (Phi) is 4.51. The monoisotopic (exact) mass is 281 g/mol. The molecule has 84 valence electrons. The first-order chi connectivity index (χ1) is 7.62. The topological polar surface area (TPSA) is 50.1 Å². The minimum absolute atomic E-state index is 0.188. The molecule has 0 radical (unpaired) electrons. The fourth-order valence-corrected chi connectivity index (χ4v) is 2.28. The first-order valence-electron chi connectivity index (χ1n) is 4.90. The maximum Gasteiger partial charge on any atom is 0.309 e. The van der Waals surface area contributed by atoms with Crippen molar-refractivity contribution in [3.63, 3.8) is 0 Å². The highest BCUT2D eigenvalue weighted by atomic mass is 79.9. The summed E-state index contributed by atoms with van der Waals surface area (Å²) in [4.78, 5) is 11.1. The molecule has 0 aliphatic carbocycles. The quantitative estimate of drug-likeness (QED) is 0.801. The molecular formula is C12H12BrNO2. The first kappa shape index (κ1) is 12.7. The third-order valence-electron chi connectivity index (χ3n) is 2.31. The lowest BCUT2D eigenvalue weighted by molar-refractivity contribution is -0.139. The van der Waals surface area contributed by atoms with Crippen LogP contribution in [0.3, 0.4) is 0 Å². The zero-order valence-corrected chi connectivity index (χ0v) is 10.8. The van der Waals surface area contributed by atoms with Crippen LogP contribution in [0.5, 0.6) is 0 Å². The van der Waals surface area contributed by atoms with Gasteiger partial charge in [0, 0.05) is 4.47 Å². The van der Waals surface area contributed by atoms with Gasteiger partial charge >= 0.3 is 5.97 Å². The molecule has 0 amide bonds. The smallest absolute Gasteiger partial charge is 0.309 e. The molecule has 4 heteroatoms. The van der Waals surface area contributed by atoms with Gasteiger partial charge in [-0.05, 0) is 29.7 Å². The largest absolute Gasteiger partial charge is 0.469 e. The third kappa shape index (κ3) is 2.83. The molecular weight excluding hydrogens is 270 g/mol. The Morgan fingerprint density at radius 1 is 1.56 bits per heavy atom. The molecule has 0 fully saturated rings. The van der Waals surface area contributed by atoms with Crippen molar-refractivity contribution < 1.29 is 9.53 Å². The van der Waals surface area contributed by atoms with Gasteiger partial charge in [0.1, 0.15) is 0 Å². The van der Waals surface area contributed by atoms with Gasteiger partial charge in [-0.3, -0.25) is 4.79 Å². The molecule has 0 N–H and O–H groups in total. The molecule has 0 aliphatic heterocycles. The molecule has 0 spiro atoms. The van der Waals surface area contributed by atoms with Gasteiger partial charge in [0.25, 0.3) is 0 Å².